The molecule has 0 saturated carbocycles. The smallest absolute Gasteiger partial charge is 0.165 e. The molecule has 0 unspecified atom stereocenters. The minimum Gasteiger partial charge on any atom is -0.348 e. The van der Waals surface area contributed by atoms with Gasteiger partial charge in [-0.2, -0.15) is 0 Å². The summed E-state index contributed by atoms with van der Waals surface area (Å²) in [5.41, 5.74) is 3.85. The van der Waals surface area contributed by atoms with E-state index in [0.717, 1.165) is 24.9 Å². The molecule has 2 heteroatoms. The van der Waals surface area contributed by atoms with Crippen LogP contribution in [0.2, 0.25) is 0 Å². The van der Waals surface area contributed by atoms with Gasteiger partial charge in [0.15, 0.2) is 5.78 Å². The Labute approximate surface area is 117 Å². The van der Waals surface area contributed by atoms with E-state index in [0.29, 0.717) is 12.2 Å². The molecule has 0 amide bonds. The van der Waals surface area contributed by atoms with Gasteiger partial charge in [-0.3, -0.25) is 4.79 Å². The second-order valence-corrected chi connectivity index (χ2v) is 7.69. The highest BCUT2D eigenvalue weighted by atomic mass is 16.1. The van der Waals surface area contributed by atoms with E-state index in [1.807, 2.05) is 0 Å². The van der Waals surface area contributed by atoms with Gasteiger partial charge in [-0.15, -0.1) is 0 Å². The minimum absolute atomic E-state index is 0.100. The average Bonchev–Trinajstić information content (AvgIpc) is 2.56. The molecule has 0 radical (unpaired) electrons. The van der Waals surface area contributed by atoms with E-state index >= 15 is 0 Å². The van der Waals surface area contributed by atoms with Crippen molar-refractivity contribution in [2.75, 3.05) is 0 Å². The van der Waals surface area contributed by atoms with Crippen LogP contribution in [0.1, 0.15) is 69.2 Å². The topological polar surface area (TPSA) is 22.0 Å². The first kappa shape index (κ1) is 14.4. The van der Waals surface area contributed by atoms with E-state index in [1.54, 1.807) is 0 Å². The highest BCUT2D eigenvalue weighted by Gasteiger charge is 2.34. The van der Waals surface area contributed by atoms with E-state index in [9.17, 15) is 4.79 Å². The van der Waals surface area contributed by atoms with E-state index in [1.165, 1.54) is 11.4 Å². The number of hydrogen-bond donors (Lipinski definition) is 0. The van der Waals surface area contributed by atoms with Crippen molar-refractivity contribution in [2.45, 2.75) is 67.3 Å². The lowest BCUT2D eigenvalue weighted by Gasteiger charge is -2.32. The van der Waals surface area contributed by atoms with Gasteiger partial charge < -0.3 is 4.57 Å². The summed E-state index contributed by atoms with van der Waals surface area (Å²) < 4.78 is 2.39. The normalized spacial score (nSPS) is 18.5. The fourth-order valence-corrected chi connectivity index (χ4v) is 2.97. The zero-order chi connectivity index (χ0) is 14.4. The molecule has 1 heterocycles. The van der Waals surface area contributed by atoms with Crippen LogP contribution in [0.5, 0.6) is 0 Å². The fraction of sp³-hybridized carbons (Fsp3) is 0.706. The van der Waals surface area contributed by atoms with E-state index in [-0.39, 0.29) is 10.8 Å². The molecule has 0 N–H and O–H groups in total. The summed E-state index contributed by atoms with van der Waals surface area (Å²) in [6.45, 7) is 14.4. The van der Waals surface area contributed by atoms with E-state index < -0.39 is 0 Å². The molecular weight excluding hydrogens is 234 g/mol. The minimum atomic E-state index is 0.100. The molecule has 2 rings (SSSR count). The van der Waals surface area contributed by atoms with Gasteiger partial charge in [0.2, 0.25) is 0 Å². The summed E-state index contributed by atoms with van der Waals surface area (Å²) in [5.74, 6) is 0.322. The van der Waals surface area contributed by atoms with Crippen LogP contribution in [0.4, 0.5) is 0 Å². The zero-order valence-electron chi connectivity index (χ0n) is 13.3. The molecule has 1 aliphatic carbocycles. The maximum Gasteiger partial charge on any atom is 0.165 e. The Morgan fingerprint density at radius 1 is 1.32 bits per heavy atom. The highest BCUT2D eigenvalue weighted by molar-refractivity contribution is 5.99. The lowest BCUT2D eigenvalue weighted by molar-refractivity contribution is 0.0908. The summed E-state index contributed by atoms with van der Waals surface area (Å²) in [6.07, 6.45) is 2.85. The monoisotopic (exact) mass is 261 g/mol. The molecule has 0 saturated heterocycles. The maximum absolute atomic E-state index is 12.3. The maximum atomic E-state index is 12.3. The first-order valence-corrected chi connectivity index (χ1v) is 7.37. The van der Waals surface area contributed by atoms with Crippen LogP contribution in [0.25, 0.3) is 0 Å². The zero-order valence-corrected chi connectivity index (χ0v) is 13.3. The van der Waals surface area contributed by atoms with Crippen molar-refractivity contribution >= 4 is 5.78 Å². The number of hydrogen-bond acceptors (Lipinski definition) is 1. The Bertz CT molecular complexity index is 506. The molecule has 0 aliphatic heterocycles. The summed E-state index contributed by atoms with van der Waals surface area (Å²) in [5, 5.41) is 0. The molecular formula is C17H27NO. The van der Waals surface area contributed by atoms with Crippen LogP contribution < -0.4 is 0 Å². The summed E-state index contributed by atoms with van der Waals surface area (Å²) in [6, 6.07) is 2.10. The molecule has 2 nitrogen and oxygen atoms in total. The van der Waals surface area contributed by atoms with E-state index in [2.05, 4.69) is 52.2 Å². The third-order valence-electron chi connectivity index (χ3n) is 4.54. The van der Waals surface area contributed by atoms with Gasteiger partial charge in [-0.05, 0) is 36.7 Å². The number of fused-ring (bicyclic) bond motifs is 1. The summed E-state index contributed by atoms with van der Waals surface area (Å²) in [7, 11) is 0. The van der Waals surface area contributed by atoms with Crippen LogP contribution >= 0.6 is 0 Å². The quantitative estimate of drug-likeness (QED) is 0.791. The largest absolute Gasteiger partial charge is 0.348 e. The molecule has 1 aromatic heterocycles. The number of Topliss-reactive ketones (excluding diaryl/α,β-unsaturated/α-hetero) is 1. The van der Waals surface area contributed by atoms with Crippen molar-refractivity contribution < 1.29 is 4.79 Å². The lowest BCUT2D eigenvalue weighted by atomic mass is 9.76. The van der Waals surface area contributed by atoms with Crippen LogP contribution in [-0.2, 0) is 13.0 Å². The lowest BCUT2D eigenvalue weighted by Crippen LogP contribution is -2.29. The number of carbonyl (C=O) groups excluding carboxylic acids is 1. The summed E-state index contributed by atoms with van der Waals surface area (Å²) in [4.78, 5) is 12.3. The van der Waals surface area contributed by atoms with Crippen molar-refractivity contribution in [3.8, 4) is 0 Å². The standard InChI is InChI=1S/C17H27NO/c1-7-16(3,4)11-18-12(2)8-13-14(18)9-17(5,6)10-15(13)19/h8H,7,9-11H2,1-6H3. The number of carbonyl (C=O) groups is 1. The third-order valence-corrected chi connectivity index (χ3v) is 4.54. The predicted molar refractivity (Wildman–Crippen MR) is 79.7 cm³/mol. The van der Waals surface area contributed by atoms with E-state index in [4.69, 9.17) is 0 Å². The van der Waals surface area contributed by atoms with Crippen molar-refractivity contribution in [3.05, 3.63) is 23.0 Å². The molecule has 1 aromatic rings. The van der Waals surface area contributed by atoms with Gasteiger partial charge >= 0.3 is 0 Å². The first-order chi connectivity index (χ1) is 8.65. The van der Waals surface area contributed by atoms with Crippen LogP contribution in [0, 0.1) is 17.8 Å². The van der Waals surface area contributed by atoms with Crippen LogP contribution in [0.15, 0.2) is 6.07 Å². The molecule has 0 aromatic carbocycles. The number of ketones is 1. The molecule has 0 fully saturated rings. The van der Waals surface area contributed by atoms with Gasteiger partial charge in [0, 0.05) is 29.9 Å². The third kappa shape index (κ3) is 2.77. The summed E-state index contributed by atoms with van der Waals surface area (Å²) >= 11 is 0. The average molecular weight is 261 g/mol. The van der Waals surface area contributed by atoms with Crippen molar-refractivity contribution in [3.63, 3.8) is 0 Å². The Morgan fingerprint density at radius 2 is 1.95 bits per heavy atom. The van der Waals surface area contributed by atoms with Gasteiger partial charge in [0.1, 0.15) is 0 Å². The van der Waals surface area contributed by atoms with Crippen molar-refractivity contribution in [2.24, 2.45) is 10.8 Å². The Kier molecular flexibility index (Phi) is 3.40. The van der Waals surface area contributed by atoms with Crippen LogP contribution in [-0.4, -0.2) is 10.4 Å². The Hall–Kier alpha value is -1.05. The molecule has 0 atom stereocenters. The highest BCUT2D eigenvalue weighted by Crippen LogP contribution is 2.37. The van der Waals surface area contributed by atoms with Gasteiger partial charge in [0.05, 0.1) is 0 Å². The second-order valence-electron chi connectivity index (χ2n) is 7.69. The molecule has 0 spiro atoms. The van der Waals surface area contributed by atoms with Gasteiger partial charge in [-0.1, -0.05) is 34.6 Å². The number of nitrogens with zero attached hydrogens (tertiary/aromatic N) is 1. The SMILES string of the molecule is CCC(C)(C)Cn1c(C)cc2c1CC(C)(C)CC2=O. The predicted octanol–water partition coefficient (Wildman–Crippen LogP) is 4.39. The number of aryl methyl sites for hydroxylation is 1. The molecule has 106 valence electrons. The van der Waals surface area contributed by atoms with Crippen molar-refractivity contribution in [1.82, 2.24) is 4.57 Å². The number of rotatable bonds is 3. The number of aromatic nitrogens is 1. The Balaban J connectivity index is 2.45. The Morgan fingerprint density at radius 3 is 2.53 bits per heavy atom. The van der Waals surface area contributed by atoms with Crippen molar-refractivity contribution in [1.29, 1.82) is 0 Å². The fourth-order valence-electron chi connectivity index (χ4n) is 2.97. The molecule has 1 aliphatic rings. The van der Waals surface area contributed by atoms with Crippen LogP contribution in [0.3, 0.4) is 0 Å². The van der Waals surface area contributed by atoms with Gasteiger partial charge in [0.25, 0.3) is 0 Å². The second kappa shape index (κ2) is 4.50. The molecule has 19 heavy (non-hydrogen) atoms. The first-order valence-electron chi connectivity index (χ1n) is 7.37. The van der Waals surface area contributed by atoms with Gasteiger partial charge in [-0.25, -0.2) is 0 Å². The molecule has 0 bridgehead atoms.